The first kappa shape index (κ1) is 21.5. The maximum Gasteiger partial charge on any atom is 0.321 e. The summed E-state index contributed by atoms with van der Waals surface area (Å²) in [7, 11) is -4.37. The highest BCUT2D eigenvalue weighted by molar-refractivity contribution is 7.89. The number of benzene rings is 1. The highest BCUT2D eigenvalue weighted by Crippen LogP contribution is 2.26. The quantitative estimate of drug-likeness (QED) is 0.216. The van der Waals surface area contributed by atoms with E-state index in [2.05, 4.69) is 5.32 Å². The van der Waals surface area contributed by atoms with E-state index in [0.717, 1.165) is 16.4 Å². The minimum Gasteiger partial charge on any atom is -0.459 e. The summed E-state index contributed by atoms with van der Waals surface area (Å²) in [6.45, 7) is 3.89. The Morgan fingerprint density at radius 1 is 1.35 bits per heavy atom. The van der Waals surface area contributed by atoms with Gasteiger partial charge in [-0.2, -0.15) is 4.31 Å². The lowest BCUT2D eigenvalue weighted by Gasteiger charge is -2.24. The Labute approximate surface area is 151 Å². The van der Waals surface area contributed by atoms with Gasteiger partial charge in [0.25, 0.3) is 15.7 Å². The van der Waals surface area contributed by atoms with Gasteiger partial charge in [0.2, 0.25) is 6.41 Å². The lowest BCUT2D eigenvalue weighted by molar-refractivity contribution is -0.387. The molecule has 1 aromatic rings. The number of hydrogen-bond acceptors (Lipinski definition) is 7. The third kappa shape index (κ3) is 6.08. The van der Waals surface area contributed by atoms with Gasteiger partial charge in [-0.3, -0.25) is 19.7 Å². The summed E-state index contributed by atoms with van der Waals surface area (Å²) >= 11 is 0. The number of nitro benzene ring substituents is 1. The fourth-order valence-electron chi connectivity index (χ4n) is 2.02. The van der Waals surface area contributed by atoms with Crippen LogP contribution in [0.3, 0.4) is 0 Å². The van der Waals surface area contributed by atoms with E-state index in [1.54, 1.807) is 20.8 Å². The fraction of sp³-hybridized carbons (Fsp3) is 0.467. The Morgan fingerprint density at radius 3 is 2.50 bits per heavy atom. The number of hydrogen-bond donors (Lipinski definition) is 1. The number of nitro groups is 1. The van der Waals surface area contributed by atoms with Gasteiger partial charge >= 0.3 is 5.97 Å². The molecule has 11 heteroatoms. The van der Waals surface area contributed by atoms with Gasteiger partial charge in [0.05, 0.1) is 4.92 Å². The van der Waals surface area contributed by atoms with Crippen molar-refractivity contribution in [1.29, 1.82) is 0 Å². The number of nitrogens with zero attached hydrogens (tertiary/aromatic N) is 2. The number of rotatable bonds is 9. The zero-order valence-corrected chi connectivity index (χ0v) is 15.5. The van der Waals surface area contributed by atoms with Crippen molar-refractivity contribution in [2.24, 2.45) is 0 Å². The minimum atomic E-state index is -4.37. The van der Waals surface area contributed by atoms with Crippen molar-refractivity contribution < 1.29 is 27.7 Å². The average Bonchev–Trinajstić information content (AvgIpc) is 2.52. The van der Waals surface area contributed by atoms with E-state index in [-0.39, 0.29) is 13.1 Å². The van der Waals surface area contributed by atoms with E-state index in [1.165, 1.54) is 12.1 Å². The standard InChI is InChI=1S/C15H21N3O7S/c1-15(2,3)25-14(20)10-17(9-8-16-11-19)26(23,24)13-7-5-4-6-12(13)18(21)22/h4-7,11H,8-10H2,1-3H3,(H,16,19). The molecule has 0 aliphatic carbocycles. The van der Waals surface area contributed by atoms with Crippen LogP contribution in [0.15, 0.2) is 29.2 Å². The molecule has 0 radical (unpaired) electrons. The third-order valence-corrected chi connectivity index (χ3v) is 4.89. The van der Waals surface area contributed by atoms with Crippen LogP contribution < -0.4 is 5.32 Å². The van der Waals surface area contributed by atoms with Crippen LogP contribution in [-0.2, 0) is 24.3 Å². The zero-order valence-electron chi connectivity index (χ0n) is 14.7. The van der Waals surface area contributed by atoms with Crippen LogP contribution in [0, 0.1) is 10.1 Å². The van der Waals surface area contributed by atoms with E-state index < -0.39 is 43.6 Å². The summed E-state index contributed by atoms with van der Waals surface area (Å²) in [5.74, 6) is -0.814. The Hall–Kier alpha value is -2.53. The van der Waals surface area contributed by atoms with E-state index in [0.29, 0.717) is 6.41 Å². The van der Waals surface area contributed by atoms with E-state index in [4.69, 9.17) is 4.74 Å². The number of ether oxygens (including phenoxy) is 1. The lowest BCUT2D eigenvalue weighted by Crippen LogP contribution is -2.42. The number of sulfonamides is 1. The molecule has 0 heterocycles. The second kappa shape index (κ2) is 8.72. The summed E-state index contributed by atoms with van der Waals surface area (Å²) in [5.41, 5.74) is -1.43. The summed E-state index contributed by atoms with van der Waals surface area (Å²) in [6, 6.07) is 4.82. The molecule has 1 rings (SSSR count). The van der Waals surface area contributed by atoms with Gasteiger partial charge in [0.1, 0.15) is 12.1 Å². The second-order valence-corrected chi connectivity index (χ2v) is 8.13. The predicted octanol–water partition coefficient (Wildman–Crippen LogP) is 0.673. The van der Waals surface area contributed by atoms with Crippen LogP contribution >= 0.6 is 0 Å². The first-order chi connectivity index (χ1) is 12.0. The summed E-state index contributed by atoms with van der Waals surface area (Å²) in [5, 5.41) is 13.4. The first-order valence-electron chi connectivity index (χ1n) is 7.61. The van der Waals surface area contributed by atoms with Crippen molar-refractivity contribution in [2.75, 3.05) is 19.6 Å². The molecule has 0 spiro atoms. The monoisotopic (exact) mass is 387 g/mol. The molecule has 0 aliphatic rings. The van der Waals surface area contributed by atoms with Gasteiger partial charge in [0.15, 0.2) is 4.90 Å². The molecule has 144 valence electrons. The fourth-order valence-corrected chi connectivity index (χ4v) is 3.56. The molecule has 0 bridgehead atoms. The van der Waals surface area contributed by atoms with Crippen LogP contribution in [0.1, 0.15) is 20.8 Å². The molecule has 26 heavy (non-hydrogen) atoms. The molecule has 0 aromatic heterocycles. The Morgan fingerprint density at radius 2 is 1.96 bits per heavy atom. The van der Waals surface area contributed by atoms with Gasteiger partial charge in [-0.15, -0.1) is 0 Å². The molecule has 0 fully saturated rings. The molecule has 1 amide bonds. The van der Waals surface area contributed by atoms with E-state index >= 15 is 0 Å². The number of carbonyl (C=O) groups excluding carboxylic acids is 2. The normalized spacial score (nSPS) is 11.8. The third-order valence-electron chi connectivity index (χ3n) is 2.99. The zero-order chi connectivity index (χ0) is 20.0. The lowest BCUT2D eigenvalue weighted by atomic mass is 10.2. The number of esters is 1. The number of carbonyl (C=O) groups is 2. The molecule has 1 aromatic carbocycles. The van der Waals surface area contributed by atoms with Crippen LogP contribution in [0.2, 0.25) is 0 Å². The van der Waals surface area contributed by atoms with Crippen molar-refractivity contribution in [2.45, 2.75) is 31.3 Å². The van der Waals surface area contributed by atoms with Gasteiger partial charge in [-0.25, -0.2) is 8.42 Å². The molecule has 0 saturated carbocycles. The Balaban J connectivity index is 3.21. The number of nitrogens with one attached hydrogen (secondary N) is 1. The molecular formula is C15H21N3O7S. The second-order valence-electron chi connectivity index (χ2n) is 6.22. The summed E-state index contributed by atoms with van der Waals surface area (Å²) < 4.78 is 31.6. The topological polar surface area (TPSA) is 136 Å². The van der Waals surface area contributed by atoms with Crippen molar-refractivity contribution in [3.05, 3.63) is 34.4 Å². The number of amides is 1. The average molecular weight is 387 g/mol. The smallest absolute Gasteiger partial charge is 0.321 e. The van der Waals surface area contributed by atoms with Crippen molar-refractivity contribution in [3.63, 3.8) is 0 Å². The summed E-state index contributed by atoms with van der Waals surface area (Å²) in [4.78, 5) is 32.2. The summed E-state index contributed by atoms with van der Waals surface area (Å²) in [6.07, 6.45) is 0.378. The first-order valence-corrected chi connectivity index (χ1v) is 9.05. The van der Waals surface area contributed by atoms with Gasteiger partial charge in [-0.1, -0.05) is 12.1 Å². The molecule has 0 unspecified atom stereocenters. The molecule has 0 aliphatic heterocycles. The molecule has 10 nitrogen and oxygen atoms in total. The van der Waals surface area contributed by atoms with Gasteiger partial charge in [0, 0.05) is 19.2 Å². The Kier molecular flexibility index (Phi) is 7.21. The highest BCUT2D eigenvalue weighted by Gasteiger charge is 2.33. The number of para-hydroxylation sites is 1. The van der Waals surface area contributed by atoms with Crippen LogP contribution in [0.5, 0.6) is 0 Å². The van der Waals surface area contributed by atoms with E-state index in [1.807, 2.05) is 0 Å². The molecular weight excluding hydrogens is 366 g/mol. The SMILES string of the molecule is CC(C)(C)OC(=O)CN(CCNC=O)S(=O)(=O)c1ccccc1[N+](=O)[O-]. The molecule has 1 N–H and O–H groups in total. The van der Waals surface area contributed by atoms with Crippen molar-refractivity contribution >= 4 is 28.1 Å². The van der Waals surface area contributed by atoms with Gasteiger partial charge < -0.3 is 10.1 Å². The van der Waals surface area contributed by atoms with Crippen molar-refractivity contribution in [1.82, 2.24) is 9.62 Å². The predicted molar refractivity (Wildman–Crippen MR) is 91.8 cm³/mol. The van der Waals surface area contributed by atoms with Crippen LogP contribution in [-0.4, -0.2) is 55.3 Å². The maximum absolute atomic E-state index is 12.9. The largest absolute Gasteiger partial charge is 0.459 e. The highest BCUT2D eigenvalue weighted by atomic mass is 32.2. The van der Waals surface area contributed by atoms with Crippen molar-refractivity contribution in [3.8, 4) is 0 Å². The minimum absolute atomic E-state index is 0.0772. The van der Waals surface area contributed by atoms with Gasteiger partial charge in [-0.05, 0) is 26.8 Å². The Bertz CT molecular complexity index is 772. The maximum atomic E-state index is 12.9. The molecule has 0 atom stereocenters. The van der Waals surface area contributed by atoms with Crippen LogP contribution in [0.25, 0.3) is 0 Å². The van der Waals surface area contributed by atoms with E-state index in [9.17, 15) is 28.1 Å². The molecule has 0 saturated heterocycles. The van der Waals surface area contributed by atoms with Crippen LogP contribution in [0.4, 0.5) is 5.69 Å².